The van der Waals surface area contributed by atoms with Crippen molar-refractivity contribution in [1.82, 2.24) is 15.0 Å². The summed E-state index contributed by atoms with van der Waals surface area (Å²) in [4.78, 5) is 15.2. The molecule has 238 valence electrons. The molecule has 0 aliphatic carbocycles. The Morgan fingerprint density at radius 1 is 0.333 bits per heavy atom. The molecule has 0 N–H and O–H groups in total. The molecule has 0 amide bonds. The lowest BCUT2D eigenvalue weighted by Crippen LogP contribution is -2.01. The van der Waals surface area contributed by atoms with Crippen LogP contribution in [0.1, 0.15) is 0 Å². The number of aromatic nitrogens is 3. The van der Waals surface area contributed by atoms with Gasteiger partial charge in [-0.05, 0) is 50.4 Å². The minimum atomic E-state index is 0.637. The molecule has 0 aliphatic rings. The minimum Gasteiger partial charge on any atom is -0.455 e. The van der Waals surface area contributed by atoms with E-state index in [1.807, 2.05) is 60.7 Å². The van der Waals surface area contributed by atoms with Crippen molar-refractivity contribution in [2.45, 2.75) is 0 Å². The molecule has 2 heterocycles. The maximum absolute atomic E-state index is 6.56. The topological polar surface area (TPSA) is 51.8 Å². The standard InChI is InChI=1S/C47H29N3O/c1-3-13-33(14-4-1)45-48-46(34-15-5-2-6-16-34)50-47(49-45)43-37-19-10-9-12-30(37)26-27-38(43)31-22-24-32(25-23-31)39-20-11-21-40-41-28-35-17-7-8-18-36(35)29-42(41)51-44(39)40/h1-29H. The average Bonchev–Trinajstić information content (AvgIpc) is 3.57. The first-order chi connectivity index (χ1) is 25.3. The van der Waals surface area contributed by atoms with Crippen molar-refractivity contribution < 1.29 is 4.42 Å². The van der Waals surface area contributed by atoms with Gasteiger partial charge in [0, 0.05) is 33.0 Å². The fraction of sp³-hybridized carbons (Fsp3) is 0. The van der Waals surface area contributed by atoms with E-state index in [0.29, 0.717) is 17.5 Å². The van der Waals surface area contributed by atoms with E-state index in [0.717, 1.165) is 71.7 Å². The summed E-state index contributed by atoms with van der Waals surface area (Å²) in [6, 6.07) is 61.0. The van der Waals surface area contributed by atoms with Crippen LogP contribution in [0.3, 0.4) is 0 Å². The number of para-hydroxylation sites is 1. The minimum absolute atomic E-state index is 0.637. The van der Waals surface area contributed by atoms with Crippen LogP contribution in [0.5, 0.6) is 0 Å². The van der Waals surface area contributed by atoms with Crippen molar-refractivity contribution in [3.05, 3.63) is 176 Å². The molecule has 10 rings (SSSR count). The first-order valence-corrected chi connectivity index (χ1v) is 17.1. The maximum Gasteiger partial charge on any atom is 0.165 e. The number of rotatable bonds is 5. The van der Waals surface area contributed by atoms with Gasteiger partial charge in [-0.25, -0.2) is 15.0 Å². The molecule has 4 heteroatoms. The van der Waals surface area contributed by atoms with Gasteiger partial charge >= 0.3 is 0 Å². The van der Waals surface area contributed by atoms with Crippen LogP contribution < -0.4 is 0 Å². The Hall–Kier alpha value is -6.91. The van der Waals surface area contributed by atoms with Gasteiger partial charge in [-0.15, -0.1) is 0 Å². The molecule has 51 heavy (non-hydrogen) atoms. The summed E-state index contributed by atoms with van der Waals surface area (Å²) in [5.41, 5.74) is 8.94. The zero-order valence-electron chi connectivity index (χ0n) is 27.5. The normalized spacial score (nSPS) is 11.5. The smallest absolute Gasteiger partial charge is 0.165 e. The SMILES string of the molecule is c1ccc(-c2nc(-c3ccccc3)nc(-c3c(-c4ccc(-c5cccc6c5oc5cc7ccccc7cc56)cc4)ccc4ccccc34)n2)cc1. The van der Waals surface area contributed by atoms with Gasteiger partial charge in [0.2, 0.25) is 0 Å². The Kier molecular flexibility index (Phi) is 6.78. The second kappa shape index (κ2) is 11.9. The number of benzene rings is 8. The predicted molar refractivity (Wildman–Crippen MR) is 209 cm³/mol. The molecule has 10 aromatic rings. The number of nitrogens with zero attached hydrogens (tertiary/aromatic N) is 3. The zero-order chi connectivity index (χ0) is 33.7. The van der Waals surface area contributed by atoms with Crippen LogP contribution in [0.2, 0.25) is 0 Å². The van der Waals surface area contributed by atoms with Crippen molar-refractivity contribution in [2.75, 3.05) is 0 Å². The van der Waals surface area contributed by atoms with E-state index >= 15 is 0 Å². The quantitative estimate of drug-likeness (QED) is 0.186. The summed E-state index contributed by atoms with van der Waals surface area (Å²) >= 11 is 0. The monoisotopic (exact) mass is 651 g/mol. The third-order valence-electron chi connectivity index (χ3n) is 9.72. The van der Waals surface area contributed by atoms with Gasteiger partial charge in [0.1, 0.15) is 11.2 Å². The number of hydrogen-bond donors (Lipinski definition) is 0. The van der Waals surface area contributed by atoms with E-state index in [2.05, 4.69) is 115 Å². The Morgan fingerprint density at radius 3 is 1.57 bits per heavy atom. The van der Waals surface area contributed by atoms with Crippen LogP contribution in [0, 0.1) is 0 Å². The lowest BCUT2D eigenvalue weighted by molar-refractivity contribution is 0.670. The van der Waals surface area contributed by atoms with Crippen molar-refractivity contribution in [3.8, 4) is 56.4 Å². The van der Waals surface area contributed by atoms with Crippen molar-refractivity contribution in [2.24, 2.45) is 0 Å². The summed E-state index contributed by atoms with van der Waals surface area (Å²) < 4.78 is 6.56. The molecule has 0 saturated carbocycles. The van der Waals surface area contributed by atoms with Gasteiger partial charge in [-0.1, -0.05) is 164 Å². The molecular formula is C47H29N3O. The van der Waals surface area contributed by atoms with Crippen LogP contribution in [0.25, 0.3) is 99.9 Å². The van der Waals surface area contributed by atoms with Crippen LogP contribution in [-0.2, 0) is 0 Å². The largest absolute Gasteiger partial charge is 0.455 e. The molecular weight excluding hydrogens is 623 g/mol. The van der Waals surface area contributed by atoms with Crippen LogP contribution in [0.4, 0.5) is 0 Å². The van der Waals surface area contributed by atoms with Gasteiger partial charge in [-0.2, -0.15) is 0 Å². The second-order valence-electron chi connectivity index (χ2n) is 12.8. The highest BCUT2D eigenvalue weighted by Crippen LogP contribution is 2.41. The van der Waals surface area contributed by atoms with Gasteiger partial charge in [0.15, 0.2) is 17.5 Å². The highest BCUT2D eigenvalue weighted by atomic mass is 16.3. The Labute approximate surface area is 294 Å². The number of furan rings is 1. The lowest BCUT2D eigenvalue weighted by atomic mass is 9.92. The maximum atomic E-state index is 6.56. The average molecular weight is 652 g/mol. The molecule has 8 aromatic carbocycles. The molecule has 0 unspecified atom stereocenters. The van der Waals surface area contributed by atoms with Crippen molar-refractivity contribution in [1.29, 1.82) is 0 Å². The van der Waals surface area contributed by atoms with Crippen LogP contribution in [-0.4, -0.2) is 15.0 Å². The van der Waals surface area contributed by atoms with Gasteiger partial charge in [-0.3, -0.25) is 0 Å². The summed E-state index contributed by atoms with van der Waals surface area (Å²) in [5, 5.41) is 6.84. The molecule has 0 spiro atoms. The van der Waals surface area contributed by atoms with Crippen LogP contribution in [0.15, 0.2) is 180 Å². The highest BCUT2D eigenvalue weighted by Gasteiger charge is 2.19. The first kappa shape index (κ1) is 29.0. The number of hydrogen-bond acceptors (Lipinski definition) is 4. The lowest BCUT2D eigenvalue weighted by Gasteiger charge is -2.15. The summed E-state index contributed by atoms with van der Waals surface area (Å²) in [6.45, 7) is 0. The van der Waals surface area contributed by atoms with Gasteiger partial charge in [0.05, 0.1) is 0 Å². The van der Waals surface area contributed by atoms with E-state index < -0.39 is 0 Å². The molecule has 2 aromatic heterocycles. The molecule has 4 nitrogen and oxygen atoms in total. The molecule has 0 aliphatic heterocycles. The van der Waals surface area contributed by atoms with E-state index in [1.165, 1.54) is 10.8 Å². The van der Waals surface area contributed by atoms with E-state index in [9.17, 15) is 0 Å². The number of fused-ring (bicyclic) bond motifs is 5. The Balaban J connectivity index is 1.14. The second-order valence-corrected chi connectivity index (χ2v) is 12.8. The fourth-order valence-electron chi connectivity index (χ4n) is 7.21. The predicted octanol–water partition coefficient (Wildman–Crippen LogP) is 12.4. The summed E-state index contributed by atoms with van der Waals surface area (Å²) in [7, 11) is 0. The Bertz CT molecular complexity index is 2840. The molecule has 0 atom stereocenters. The van der Waals surface area contributed by atoms with E-state index in [4.69, 9.17) is 19.4 Å². The highest BCUT2D eigenvalue weighted by molar-refractivity contribution is 6.13. The molecule has 0 bridgehead atoms. The van der Waals surface area contributed by atoms with Crippen molar-refractivity contribution in [3.63, 3.8) is 0 Å². The third-order valence-corrected chi connectivity index (χ3v) is 9.72. The van der Waals surface area contributed by atoms with Gasteiger partial charge in [0.25, 0.3) is 0 Å². The first-order valence-electron chi connectivity index (χ1n) is 17.1. The van der Waals surface area contributed by atoms with Crippen molar-refractivity contribution >= 4 is 43.5 Å². The molecule has 0 radical (unpaired) electrons. The Morgan fingerprint density at radius 2 is 0.882 bits per heavy atom. The fourth-order valence-corrected chi connectivity index (χ4v) is 7.21. The summed E-state index contributed by atoms with van der Waals surface area (Å²) in [5.74, 6) is 1.92. The zero-order valence-corrected chi connectivity index (χ0v) is 27.5. The summed E-state index contributed by atoms with van der Waals surface area (Å²) in [6.07, 6.45) is 0. The van der Waals surface area contributed by atoms with Crippen LogP contribution >= 0.6 is 0 Å². The molecule has 0 fully saturated rings. The van der Waals surface area contributed by atoms with Gasteiger partial charge < -0.3 is 4.42 Å². The third kappa shape index (κ3) is 5.04. The van der Waals surface area contributed by atoms with E-state index in [1.54, 1.807) is 0 Å². The molecule has 0 saturated heterocycles. The van der Waals surface area contributed by atoms with E-state index in [-0.39, 0.29) is 0 Å².